The molecule has 1 aromatic rings. The van der Waals surface area contributed by atoms with Gasteiger partial charge in [-0.15, -0.1) is 0 Å². The molecule has 0 spiro atoms. The van der Waals surface area contributed by atoms with Gasteiger partial charge in [-0.3, -0.25) is 4.79 Å². The van der Waals surface area contributed by atoms with Gasteiger partial charge >= 0.3 is 0 Å². The number of benzene rings is 1. The minimum absolute atomic E-state index is 0.0570. The molecule has 1 amide bonds. The van der Waals surface area contributed by atoms with E-state index in [-0.39, 0.29) is 11.9 Å². The molecule has 1 aliphatic rings. The Labute approximate surface area is 123 Å². The number of rotatable bonds is 5. The predicted octanol–water partition coefficient (Wildman–Crippen LogP) is 2.52. The molecule has 3 nitrogen and oxygen atoms in total. The summed E-state index contributed by atoms with van der Waals surface area (Å²) in [5.74, 6) is 0.841. The first kappa shape index (κ1) is 14.7. The number of nitrogens with one attached hydrogen (secondary N) is 1. The predicted molar refractivity (Wildman–Crippen MR) is 81.6 cm³/mol. The fourth-order valence-electron chi connectivity index (χ4n) is 2.41. The third kappa shape index (κ3) is 3.44. The van der Waals surface area contributed by atoms with Crippen LogP contribution in [0.5, 0.6) is 0 Å². The van der Waals surface area contributed by atoms with Gasteiger partial charge in [0, 0.05) is 5.02 Å². The Hall–Kier alpha value is -0.710. The maximum absolute atomic E-state index is 12.0. The number of fused-ring (bicyclic) bond motifs is 1. The largest absolute Gasteiger partial charge is 0.348 e. The number of nitrogens with two attached hydrogens (primary N) is 1. The quantitative estimate of drug-likeness (QED) is 0.878. The minimum Gasteiger partial charge on any atom is -0.348 e. The highest BCUT2D eigenvalue weighted by Crippen LogP contribution is 2.35. The summed E-state index contributed by atoms with van der Waals surface area (Å²) in [4.78, 5) is 12.0. The van der Waals surface area contributed by atoms with Crippen LogP contribution in [0.2, 0.25) is 5.02 Å². The number of carbonyl (C=O) groups excluding carboxylic acids is 1. The Bertz CT molecular complexity index is 467. The number of halogens is 1. The van der Waals surface area contributed by atoms with E-state index < -0.39 is 6.04 Å². The highest BCUT2D eigenvalue weighted by Gasteiger charge is 2.26. The van der Waals surface area contributed by atoms with Gasteiger partial charge in [0.1, 0.15) is 0 Å². The Morgan fingerprint density at radius 1 is 1.63 bits per heavy atom. The molecule has 19 heavy (non-hydrogen) atoms. The van der Waals surface area contributed by atoms with Crippen LogP contribution in [0.3, 0.4) is 0 Å². The fourth-order valence-corrected chi connectivity index (χ4v) is 3.18. The van der Waals surface area contributed by atoms with E-state index in [0.717, 1.165) is 34.7 Å². The second-order valence-corrected chi connectivity index (χ2v) is 6.19. The maximum atomic E-state index is 12.0. The normalized spacial score (nSPS) is 19.0. The molecule has 0 heterocycles. The molecule has 104 valence electrons. The van der Waals surface area contributed by atoms with Crippen molar-refractivity contribution in [1.82, 2.24) is 5.32 Å². The molecule has 0 radical (unpaired) electrons. The van der Waals surface area contributed by atoms with E-state index in [2.05, 4.69) is 5.32 Å². The van der Waals surface area contributed by atoms with Crippen LogP contribution in [-0.4, -0.2) is 24.0 Å². The average molecular weight is 299 g/mol. The third-order valence-corrected chi connectivity index (χ3v) is 4.50. The highest BCUT2D eigenvalue weighted by molar-refractivity contribution is 7.98. The van der Waals surface area contributed by atoms with Crippen molar-refractivity contribution in [2.45, 2.75) is 31.3 Å². The van der Waals surface area contributed by atoms with E-state index in [9.17, 15) is 4.79 Å². The van der Waals surface area contributed by atoms with Gasteiger partial charge in [-0.25, -0.2) is 0 Å². The van der Waals surface area contributed by atoms with Gasteiger partial charge in [-0.1, -0.05) is 23.7 Å². The standard InChI is InChI=1S/C14H19ClN2OS/c1-19-8-7-12(16)14(18)17-13-6-5-9-10(13)3-2-4-11(9)15/h2-4,12-13H,5-8,16H2,1H3,(H,17,18)/t12-,13?/m0/s1. The molecule has 1 aliphatic carbocycles. The molecule has 0 saturated carbocycles. The molecular weight excluding hydrogens is 280 g/mol. The van der Waals surface area contributed by atoms with Crippen LogP contribution in [0.15, 0.2) is 18.2 Å². The topological polar surface area (TPSA) is 55.1 Å². The summed E-state index contributed by atoms with van der Waals surface area (Å²) >= 11 is 7.87. The van der Waals surface area contributed by atoms with E-state index in [1.54, 1.807) is 11.8 Å². The lowest BCUT2D eigenvalue weighted by Crippen LogP contribution is -2.42. The molecule has 2 rings (SSSR count). The molecular formula is C14H19ClN2OS. The van der Waals surface area contributed by atoms with Crippen LogP contribution >= 0.6 is 23.4 Å². The summed E-state index contributed by atoms with van der Waals surface area (Å²) in [5, 5.41) is 3.83. The molecule has 0 aromatic heterocycles. The number of hydrogen-bond acceptors (Lipinski definition) is 3. The van der Waals surface area contributed by atoms with Crippen molar-refractivity contribution >= 4 is 29.3 Å². The second kappa shape index (κ2) is 6.64. The van der Waals surface area contributed by atoms with Crippen LogP contribution in [0.1, 0.15) is 30.0 Å². The van der Waals surface area contributed by atoms with Gasteiger partial charge < -0.3 is 11.1 Å². The molecule has 3 N–H and O–H groups in total. The zero-order valence-corrected chi connectivity index (χ0v) is 12.6. The summed E-state index contributed by atoms with van der Waals surface area (Å²) in [6, 6.07) is 5.50. The lowest BCUT2D eigenvalue weighted by molar-refractivity contribution is -0.123. The Morgan fingerprint density at radius 3 is 3.16 bits per heavy atom. The summed E-state index contributed by atoms with van der Waals surface area (Å²) in [6.07, 6.45) is 4.54. The molecule has 0 bridgehead atoms. The van der Waals surface area contributed by atoms with Gasteiger partial charge in [0.25, 0.3) is 0 Å². The monoisotopic (exact) mass is 298 g/mol. The van der Waals surface area contributed by atoms with Crippen molar-refractivity contribution in [2.75, 3.05) is 12.0 Å². The summed E-state index contributed by atoms with van der Waals surface area (Å²) < 4.78 is 0. The molecule has 1 unspecified atom stereocenters. The first-order valence-electron chi connectivity index (χ1n) is 6.45. The van der Waals surface area contributed by atoms with Crippen molar-refractivity contribution in [3.63, 3.8) is 0 Å². The zero-order chi connectivity index (χ0) is 13.8. The smallest absolute Gasteiger partial charge is 0.237 e. The van der Waals surface area contributed by atoms with Crippen molar-refractivity contribution in [1.29, 1.82) is 0 Å². The fraction of sp³-hybridized carbons (Fsp3) is 0.500. The van der Waals surface area contributed by atoms with Gasteiger partial charge in [0.2, 0.25) is 5.91 Å². The molecule has 0 fully saturated rings. The summed E-state index contributed by atoms with van der Waals surface area (Å²) in [5.41, 5.74) is 8.18. The average Bonchev–Trinajstić information content (AvgIpc) is 2.80. The minimum atomic E-state index is -0.421. The van der Waals surface area contributed by atoms with E-state index in [1.165, 1.54) is 0 Å². The van der Waals surface area contributed by atoms with E-state index >= 15 is 0 Å². The van der Waals surface area contributed by atoms with Gasteiger partial charge in [0.15, 0.2) is 0 Å². The van der Waals surface area contributed by atoms with Gasteiger partial charge in [-0.05, 0) is 48.5 Å². The zero-order valence-electron chi connectivity index (χ0n) is 11.0. The van der Waals surface area contributed by atoms with E-state index in [0.29, 0.717) is 6.42 Å². The molecule has 2 atom stereocenters. The second-order valence-electron chi connectivity index (χ2n) is 4.80. The van der Waals surface area contributed by atoms with Crippen molar-refractivity contribution in [2.24, 2.45) is 5.73 Å². The first-order chi connectivity index (χ1) is 9.13. The van der Waals surface area contributed by atoms with Crippen LogP contribution in [0.25, 0.3) is 0 Å². The van der Waals surface area contributed by atoms with Crippen LogP contribution in [-0.2, 0) is 11.2 Å². The Kier molecular flexibility index (Phi) is 5.13. The Balaban J connectivity index is 1.99. The van der Waals surface area contributed by atoms with Crippen LogP contribution in [0, 0.1) is 0 Å². The molecule has 1 aromatic carbocycles. The Morgan fingerprint density at radius 2 is 2.42 bits per heavy atom. The van der Waals surface area contributed by atoms with E-state index in [1.807, 2.05) is 24.5 Å². The van der Waals surface area contributed by atoms with Gasteiger partial charge in [-0.2, -0.15) is 11.8 Å². The number of thioether (sulfide) groups is 1. The summed E-state index contributed by atoms with van der Waals surface area (Å²) in [6.45, 7) is 0. The SMILES string of the molecule is CSCC[C@H](N)C(=O)NC1CCc2c(Cl)cccc21. The summed E-state index contributed by atoms with van der Waals surface area (Å²) in [7, 11) is 0. The van der Waals surface area contributed by atoms with Crippen LogP contribution in [0.4, 0.5) is 0 Å². The van der Waals surface area contributed by atoms with Crippen molar-refractivity contribution in [3.8, 4) is 0 Å². The van der Waals surface area contributed by atoms with Crippen molar-refractivity contribution in [3.05, 3.63) is 34.3 Å². The number of amides is 1. The molecule has 5 heteroatoms. The number of hydrogen-bond donors (Lipinski definition) is 2. The first-order valence-corrected chi connectivity index (χ1v) is 8.23. The third-order valence-electron chi connectivity index (χ3n) is 3.50. The maximum Gasteiger partial charge on any atom is 0.237 e. The van der Waals surface area contributed by atoms with Crippen LogP contribution < -0.4 is 11.1 Å². The molecule has 0 saturated heterocycles. The number of carbonyl (C=O) groups is 1. The lowest BCUT2D eigenvalue weighted by Gasteiger charge is -2.17. The lowest BCUT2D eigenvalue weighted by atomic mass is 10.1. The molecule has 0 aliphatic heterocycles. The van der Waals surface area contributed by atoms with Gasteiger partial charge in [0.05, 0.1) is 12.1 Å². The van der Waals surface area contributed by atoms with Crippen molar-refractivity contribution < 1.29 is 4.79 Å². The van der Waals surface area contributed by atoms with E-state index in [4.69, 9.17) is 17.3 Å². The highest BCUT2D eigenvalue weighted by atomic mass is 35.5.